The Morgan fingerprint density at radius 1 is 0.727 bits per heavy atom. The van der Waals surface area contributed by atoms with Crippen LogP contribution >= 0.6 is 0 Å². The van der Waals surface area contributed by atoms with E-state index in [0.29, 0.717) is 23.0 Å². The largest absolute Gasteiger partial charge is 0.368 e. The van der Waals surface area contributed by atoms with Crippen LogP contribution in [0.5, 0.6) is 0 Å². The van der Waals surface area contributed by atoms with Gasteiger partial charge in [-0.05, 0) is 10.8 Å². The van der Waals surface area contributed by atoms with E-state index in [0.717, 1.165) is 0 Å². The first-order valence-corrected chi connectivity index (χ1v) is 4.38. The van der Waals surface area contributed by atoms with Gasteiger partial charge in [-0.3, -0.25) is 0 Å². The summed E-state index contributed by atoms with van der Waals surface area (Å²) in [4.78, 5) is 0. The molecule has 2 atom stereocenters. The average Bonchev–Trinajstić information content (AvgIpc) is 2.30. The number of ether oxygens (including phenoxy) is 1. The number of rotatable bonds is 0. The summed E-state index contributed by atoms with van der Waals surface area (Å²) < 4.78 is 5.65. The van der Waals surface area contributed by atoms with Crippen molar-refractivity contribution >= 4 is 0 Å². The SMILES string of the molecule is CC(C)(C)C1O[C@H]1C(C)(C)C. The van der Waals surface area contributed by atoms with E-state index < -0.39 is 0 Å². The molecule has 0 radical (unpaired) electrons. The first-order chi connectivity index (χ1) is 4.73. The molecule has 1 aliphatic heterocycles. The van der Waals surface area contributed by atoms with E-state index >= 15 is 0 Å². The molecular weight excluding hydrogens is 136 g/mol. The Labute approximate surface area is 70.1 Å². The molecule has 1 aliphatic rings. The smallest absolute Gasteiger partial charge is 0.0895 e. The zero-order valence-corrected chi connectivity index (χ0v) is 8.56. The van der Waals surface area contributed by atoms with Crippen molar-refractivity contribution in [1.29, 1.82) is 0 Å². The molecular formula is C10H20O. The van der Waals surface area contributed by atoms with E-state index in [4.69, 9.17) is 4.74 Å². The third-order valence-electron chi connectivity index (χ3n) is 2.20. The molecule has 0 aromatic heterocycles. The Morgan fingerprint density at radius 3 is 1.09 bits per heavy atom. The highest BCUT2D eigenvalue weighted by atomic mass is 16.6. The van der Waals surface area contributed by atoms with Crippen LogP contribution in [0.15, 0.2) is 0 Å². The summed E-state index contributed by atoms with van der Waals surface area (Å²) in [6, 6.07) is 0. The zero-order chi connectivity index (χ0) is 8.86. The van der Waals surface area contributed by atoms with E-state index in [1.165, 1.54) is 0 Å². The summed E-state index contributed by atoms with van der Waals surface area (Å²) in [6.45, 7) is 13.4. The number of hydrogen-bond donors (Lipinski definition) is 0. The van der Waals surface area contributed by atoms with Gasteiger partial charge in [0, 0.05) is 0 Å². The van der Waals surface area contributed by atoms with Crippen LogP contribution in [0.4, 0.5) is 0 Å². The minimum Gasteiger partial charge on any atom is -0.368 e. The molecule has 1 saturated heterocycles. The van der Waals surface area contributed by atoms with Gasteiger partial charge in [0.2, 0.25) is 0 Å². The predicted octanol–water partition coefficient (Wildman–Crippen LogP) is 2.85. The molecule has 1 rings (SSSR count). The van der Waals surface area contributed by atoms with E-state index in [2.05, 4.69) is 41.5 Å². The van der Waals surface area contributed by atoms with Gasteiger partial charge in [0.1, 0.15) is 0 Å². The van der Waals surface area contributed by atoms with Gasteiger partial charge in [-0.15, -0.1) is 0 Å². The van der Waals surface area contributed by atoms with Crippen LogP contribution in [0.2, 0.25) is 0 Å². The Hall–Kier alpha value is -0.0400. The predicted molar refractivity (Wildman–Crippen MR) is 47.6 cm³/mol. The van der Waals surface area contributed by atoms with Gasteiger partial charge in [0.25, 0.3) is 0 Å². The highest BCUT2D eigenvalue weighted by molar-refractivity contribution is 4.99. The normalized spacial score (nSPS) is 32.2. The van der Waals surface area contributed by atoms with Gasteiger partial charge in [0.15, 0.2) is 0 Å². The lowest BCUT2D eigenvalue weighted by Crippen LogP contribution is -2.23. The number of epoxide rings is 1. The van der Waals surface area contributed by atoms with Crippen molar-refractivity contribution in [2.45, 2.75) is 53.8 Å². The van der Waals surface area contributed by atoms with Crippen molar-refractivity contribution < 1.29 is 4.74 Å². The highest BCUT2D eigenvalue weighted by Crippen LogP contribution is 2.46. The fourth-order valence-electron chi connectivity index (χ4n) is 1.43. The molecule has 1 unspecified atom stereocenters. The molecule has 0 amide bonds. The van der Waals surface area contributed by atoms with Gasteiger partial charge in [-0.2, -0.15) is 0 Å². The Balaban J connectivity index is 2.51. The van der Waals surface area contributed by atoms with Crippen molar-refractivity contribution in [3.63, 3.8) is 0 Å². The second-order valence-corrected chi connectivity index (χ2v) is 5.71. The van der Waals surface area contributed by atoms with E-state index in [9.17, 15) is 0 Å². The van der Waals surface area contributed by atoms with E-state index in [1.54, 1.807) is 0 Å². The molecule has 0 saturated carbocycles. The van der Waals surface area contributed by atoms with Gasteiger partial charge in [-0.1, -0.05) is 41.5 Å². The third-order valence-corrected chi connectivity index (χ3v) is 2.20. The Kier molecular flexibility index (Phi) is 1.83. The zero-order valence-electron chi connectivity index (χ0n) is 8.56. The molecule has 1 heterocycles. The molecule has 0 spiro atoms. The van der Waals surface area contributed by atoms with Crippen LogP contribution in [-0.4, -0.2) is 12.2 Å². The van der Waals surface area contributed by atoms with E-state index in [-0.39, 0.29) is 0 Å². The first-order valence-electron chi connectivity index (χ1n) is 4.38. The second-order valence-electron chi connectivity index (χ2n) is 5.71. The van der Waals surface area contributed by atoms with Crippen molar-refractivity contribution in [2.24, 2.45) is 10.8 Å². The van der Waals surface area contributed by atoms with Gasteiger partial charge < -0.3 is 4.74 Å². The second kappa shape index (κ2) is 2.22. The van der Waals surface area contributed by atoms with Gasteiger partial charge in [-0.25, -0.2) is 0 Å². The molecule has 0 N–H and O–H groups in total. The maximum absolute atomic E-state index is 5.65. The lowest BCUT2D eigenvalue weighted by molar-refractivity contribution is 0.236. The minimum absolute atomic E-state index is 0.317. The summed E-state index contributed by atoms with van der Waals surface area (Å²) in [7, 11) is 0. The average molecular weight is 156 g/mol. The summed E-state index contributed by atoms with van der Waals surface area (Å²) in [5.74, 6) is 0. The van der Waals surface area contributed by atoms with Gasteiger partial charge in [0.05, 0.1) is 12.2 Å². The van der Waals surface area contributed by atoms with Crippen LogP contribution in [0.3, 0.4) is 0 Å². The Bertz CT molecular complexity index is 129. The maximum Gasteiger partial charge on any atom is 0.0895 e. The topological polar surface area (TPSA) is 12.5 Å². The monoisotopic (exact) mass is 156 g/mol. The molecule has 66 valence electrons. The van der Waals surface area contributed by atoms with Crippen LogP contribution in [0, 0.1) is 10.8 Å². The maximum atomic E-state index is 5.65. The molecule has 1 fully saturated rings. The summed E-state index contributed by atoms with van der Waals surface area (Å²) in [6.07, 6.45) is 0.949. The Morgan fingerprint density at radius 2 is 1.00 bits per heavy atom. The summed E-state index contributed by atoms with van der Waals surface area (Å²) >= 11 is 0. The number of hydrogen-bond acceptors (Lipinski definition) is 1. The van der Waals surface area contributed by atoms with Crippen molar-refractivity contribution in [1.82, 2.24) is 0 Å². The lowest BCUT2D eigenvalue weighted by Gasteiger charge is -2.19. The van der Waals surface area contributed by atoms with E-state index in [1.807, 2.05) is 0 Å². The van der Waals surface area contributed by atoms with Crippen LogP contribution in [-0.2, 0) is 4.74 Å². The minimum atomic E-state index is 0.317. The molecule has 0 aromatic carbocycles. The quantitative estimate of drug-likeness (QED) is 0.491. The van der Waals surface area contributed by atoms with Crippen LogP contribution < -0.4 is 0 Å². The fourth-order valence-corrected chi connectivity index (χ4v) is 1.43. The van der Waals surface area contributed by atoms with Crippen LogP contribution in [0.25, 0.3) is 0 Å². The molecule has 1 nitrogen and oxygen atoms in total. The summed E-state index contributed by atoms with van der Waals surface area (Å²) in [5, 5.41) is 0. The van der Waals surface area contributed by atoms with Crippen molar-refractivity contribution in [3.8, 4) is 0 Å². The van der Waals surface area contributed by atoms with Crippen LogP contribution in [0.1, 0.15) is 41.5 Å². The molecule has 11 heavy (non-hydrogen) atoms. The molecule has 0 aromatic rings. The fraction of sp³-hybridized carbons (Fsp3) is 1.00. The standard InChI is InChI=1S/C10H20O/c1-9(2,3)7-8(11-7)10(4,5)6/h7-8H,1-6H3/t7-,8?/m1/s1. The summed E-state index contributed by atoms with van der Waals surface area (Å²) in [5.41, 5.74) is 0.635. The molecule has 0 aliphatic carbocycles. The molecule has 1 heteroatoms. The highest BCUT2D eigenvalue weighted by Gasteiger charge is 2.52. The van der Waals surface area contributed by atoms with Gasteiger partial charge >= 0.3 is 0 Å². The van der Waals surface area contributed by atoms with Crippen molar-refractivity contribution in [3.05, 3.63) is 0 Å². The van der Waals surface area contributed by atoms with Crippen molar-refractivity contribution in [2.75, 3.05) is 0 Å². The third kappa shape index (κ3) is 1.96. The first kappa shape index (κ1) is 9.05. The molecule has 0 bridgehead atoms. The lowest BCUT2D eigenvalue weighted by atomic mass is 9.81.